The molecular formula is C76H138O6. The van der Waals surface area contributed by atoms with Crippen LogP contribution in [0.4, 0.5) is 0 Å². The van der Waals surface area contributed by atoms with Crippen LogP contribution in [0, 0.1) is 0 Å². The minimum absolute atomic E-state index is 0.0754. The second-order valence-corrected chi connectivity index (χ2v) is 24.5. The summed E-state index contributed by atoms with van der Waals surface area (Å²) in [4.78, 5) is 38.5. The minimum Gasteiger partial charge on any atom is -0.462 e. The van der Waals surface area contributed by atoms with Crippen molar-refractivity contribution in [3.05, 3.63) is 60.8 Å². The molecule has 0 aromatic rings. The molecule has 82 heavy (non-hydrogen) atoms. The van der Waals surface area contributed by atoms with Gasteiger partial charge in [-0.3, -0.25) is 14.4 Å². The molecular weight excluding hydrogens is 1010 g/mol. The summed E-state index contributed by atoms with van der Waals surface area (Å²) in [6, 6.07) is 0. The van der Waals surface area contributed by atoms with Crippen LogP contribution < -0.4 is 0 Å². The average molecular weight is 1150 g/mol. The zero-order valence-electron chi connectivity index (χ0n) is 55.0. The Bertz CT molecular complexity index is 1460. The Morgan fingerprint density at radius 3 is 0.768 bits per heavy atom. The van der Waals surface area contributed by atoms with Crippen molar-refractivity contribution >= 4 is 17.9 Å². The van der Waals surface area contributed by atoms with E-state index < -0.39 is 6.10 Å². The van der Waals surface area contributed by atoms with E-state index in [2.05, 4.69) is 81.5 Å². The Kier molecular flexibility index (Phi) is 68.1. The molecule has 1 atom stereocenters. The van der Waals surface area contributed by atoms with Crippen molar-refractivity contribution in [2.24, 2.45) is 0 Å². The van der Waals surface area contributed by atoms with Gasteiger partial charge in [0.05, 0.1) is 0 Å². The molecule has 0 aliphatic carbocycles. The predicted molar refractivity (Wildman–Crippen MR) is 358 cm³/mol. The summed E-state index contributed by atoms with van der Waals surface area (Å²) in [7, 11) is 0. The molecule has 0 radical (unpaired) electrons. The van der Waals surface area contributed by atoms with Crippen LogP contribution in [-0.2, 0) is 28.6 Å². The van der Waals surface area contributed by atoms with Crippen molar-refractivity contribution in [2.75, 3.05) is 13.2 Å². The van der Waals surface area contributed by atoms with Gasteiger partial charge in [-0.05, 0) is 83.5 Å². The smallest absolute Gasteiger partial charge is 0.306 e. The lowest BCUT2D eigenvalue weighted by atomic mass is 10.0. The fourth-order valence-electron chi connectivity index (χ4n) is 10.8. The summed E-state index contributed by atoms with van der Waals surface area (Å²) in [6.45, 7) is 6.56. The molecule has 0 saturated carbocycles. The molecule has 478 valence electrons. The molecule has 0 aliphatic heterocycles. The molecule has 0 aliphatic rings. The van der Waals surface area contributed by atoms with E-state index >= 15 is 0 Å². The molecule has 0 aromatic heterocycles. The molecule has 0 fully saturated rings. The second-order valence-electron chi connectivity index (χ2n) is 24.5. The van der Waals surface area contributed by atoms with E-state index in [0.29, 0.717) is 19.3 Å². The molecule has 0 amide bonds. The number of carbonyl (C=O) groups is 3. The Hall–Kier alpha value is -2.89. The van der Waals surface area contributed by atoms with Crippen LogP contribution >= 0.6 is 0 Å². The maximum absolute atomic E-state index is 13.0. The van der Waals surface area contributed by atoms with Crippen molar-refractivity contribution in [1.82, 2.24) is 0 Å². The largest absolute Gasteiger partial charge is 0.462 e. The number of hydrogen-bond donors (Lipinski definition) is 0. The molecule has 0 N–H and O–H groups in total. The molecule has 0 saturated heterocycles. The summed E-state index contributed by atoms with van der Waals surface area (Å²) in [5, 5.41) is 0. The molecule has 0 rings (SSSR count). The van der Waals surface area contributed by atoms with Gasteiger partial charge in [-0.15, -0.1) is 0 Å². The summed E-state index contributed by atoms with van der Waals surface area (Å²) < 4.78 is 17.0. The first-order chi connectivity index (χ1) is 40.5. The van der Waals surface area contributed by atoms with E-state index in [0.717, 1.165) is 89.9 Å². The Morgan fingerprint density at radius 2 is 0.476 bits per heavy atom. The normalized spacial score (nSPS) is 12.4. The van der Waals surface area contributed by atoms with Crippen LogP contribution in [0.15, 0.2) is 60.8 Å². The van der Waals surface area contributed by atoms with E-state index in [-0.39, 0.29) is 31.1 Å². The minimum atomic E-state index is -0.781. The maximum atomic E-state index is 13.0. The van der Waals surface area contributed by atoms with E-state index in [1.165, 1.54) is 257 Å². The van der Waals surface area contributed by atoms with Crippen LogP contribution in [0.25, 0.3) is 0 Å². The number of hydrogen-bond acceptors (Lipinski definition) is 6. The van der Waals surface area contributed by atoms with Gasteiger partial charge in [-0.1, -0.05) is 345 Å². The predicted octanol–water partition coefficient (Wildman–Crippen LogP) is 25.1. The van der Waals surface area contributed by atoms with Crippen LogP contribution in [0.3, 0.4) is 0 Å². The van der Waals surface area contributed by atoms with Gasteiger partial charge in [0.1, 0.15) is 13.2 Å². The average Bonchev–Trinajstić information content (AvgIpc) is 3.47. The third kappa shape index (κ3) is 67.9. The maximum Gasteiger partial charge on any atom is 0.306 e. The standard InChI is InChI=1S/C76H138O6/c1-4-7-10-13-16-19-22-25-28-31-33-34-35-36-37-38-39-40-41-43-45-48-51-54-57-60-63-66-69-75(78)81-72-73(71-80-74(77)68-65-62-59-56-53-50-47-44-30-27-24-21-18-15-12-9-6-3)82-76(79)70-67-64-61-58-55-52-49-46-42-32-29-26-23-20-17-14-11-8-5-2/h9,12,17-18,20-21,26-27,29-30,73H,4-8,10-11,13-16,19,22-25,28,31-72H2,1-3H3/b12-9-,20-17-,21-18-,29-26-,30-27-. The van der Waals surface area contributed by atoms with Gasteiger partial charge in [0.25, 0.3) is 0 Å². The van der Waals surface area contributed by atoms with Crippen LogP contribution in [0.2, 0.25) is 0 Å². The molecule has 1 unspecified atom stereocenters. The van der Waals surface area contributed by atoms with Crippen LogP contribution in [0.5, 0.6) is 0 Å². The topological polar surface area (TPSA) is 78.9 Å². The van der Waals surface area contributed by atoms with Gasteiger partial charge in [-0.25, -0.2) is 0 Å². The number of carbonyl (C=O) groups excluding carboxylic acids is 3. The molecule has 0 bridgehead atoms. The molecule has 0 aromatic carbocycles. The summed E-state index contributed by atoms with van der Waals surface area (Å²) in [5.74, 6) is -0.865. The van der Waals surface area contributed by atoms with Crippen molar-refractivity contribution in [3.63, 3.8) is 0 Å². The number of allylic oxidation sites excluding steroid dienone is 10. The lowest BCUT2D eigenvalue weighted by Gasteiger charge is -2.18. The first kappa shape index (κ1) is 79.1. The lowest BCUT2D eigenvalue weighted by molar-refractivity contribution is -0.167. The van der Waals surface area contributed by atoms with Gasteiger partial charge in [0.15, 0.2) is 6.10 Å². The highest BCUT2D eigenvalue weighted by Crippen LogP contribution is 2.19. The summed E-state index contributed by atoms with van der Waals surface area (Å²) in [6.07, 6.45) is 91.1. The zero-order valence-corrected chi connectivity index (χ0v) is 55.0. The Morgan fingerprint density at radius 1 is 0.256 bits per heavy atom. The molecule has 6 nitrogen and oxygen atoms in total. The number of rotatable bonds is 67. The Balaban J connectivity index is 4.26. The van der Waals surface area contributed by atoms with Crippen molar-refractivity contribution in [3.8, 4) is 0 Å². The zero-order chi connectivity index (χ0) is 59.2. The van der Waals surface area contributed by atoms with Crippen molar-refractivity contribution in [1.29, 1.82) is 0 Å². The summed E-state index contributed by atoms with van der Waals surface area (Å²) in [5.41, 5.74) is 0. The number of unbranched alkanes of at least 4 members (excludes halogenated alkanes) is 46. The van der Waals surface area contributed by atoms with Gasteiger partial charge >= 0.3 is 17.9 Å². The highest BCUT2D eigenvalue weighted by Gasteiger charge is 2.19. The SMILES string of the molecule is CC/C=C\C/C=C\C/C=C\CCCCCCCCCC(=O)OCC(COC(=O)CCCCCCCCCCCCCCCCCCCCCCCCCCCCCC)OC(=O)CCCCCCCCCCC/C=C\C/C=C\CCCCC. The summed E-state index contributed by atoms with van der Waals surface area (Å²) >= 11 is 0. The first-order valence-corrected chi connectivity index (χ1v) is 36.3. The monoisotopic (exact) mass is 1150 g/mol. The number of esters is 3. The van der Waals surface area contributed by atoms with Gasteiger partial charge < -0.3 is 14.2 Å². The van der Waals surface area contributed by atoms with E-state index in [1.807, 2.05) is 0 Å². The van der Waals surface area contributed by atoms with Gasteiger partial charge in [0, 0.05) is 19.3 Å². The van der Waals surface area contributed by atoms with Crippen LogP contribution in [0.1, 0.15) is 387 Å². The third-order valence-electron chi connectivity index (χ3n) is 16.3. The fraction of sp³-hybridized carbons (Fsp3) is 0.829. The van der Waals surface area contributed by atoms with Gasteiger partial charge in [-0.2, -0.15) is 0 Å². The van der Waals surface area contributed by atoms with Crippen molar-refractivity contribution < 1.29 is 28.6 Å². The highest BCUT2D eigenvalue weighted by molar-refractivity contribution is 5.71. The Labute approximate surface area is 510 Å². The molecule has 6 heteroatoms. The van der Waals surface area contributed by atoms with E-state index in [9.17, 15) is 14.4 Å². The van der Waals surface area contributed by atoms with Crippen molar-refractivity contribution in [2.45, 2.75) is 393 Å². The van der Waals surface area contributed by atoms with E-state index in [4.69, 9.17) is 14.2 Å². The molecule has 0 heterocycles. The van der Waals surface area contributed by atoms with E-state index in [1.54, 1.807) is 0 Å². The quantitative estimate of drug-likeness (QED) is 0.0261. The molecule has 0 spiro atoms. The van der Waals surface area contributed by atoms with Gasteiger partial charge in [0.2, 0.25) is 0 Å². The lowest BCUT2D eigenvalue weighted by Crippen LogP contribution is -2.30. The first-order valence-electron chi connectivity index (χ1n) is 36.3. The highest BCUT2D eigenvalue weighted by atomic mass is 16.6. The third-order valence-corrected chi connectivity index (χ3v) is 16.3. The second kappa shape index (κ2) is 70.6. The van der Waals surface area contributed by atoms with Crippen LogP contribution in [-0.4, -0.2) is 37.2 Å². The number of ether oxygens (including phenoxy) is 3. The fourth-order valence-corrected chi connectivity index (χ4v) is 10.8.